The van der Waals surface area contributed by atoms with Crippen molar-refractivity contribution in [3.05, 3.63) is 71.8 Å². The molecule has 27 heavy (non-hydrogen) atoms. The zero-order valence-electron chi connectivity index (χ0n) is 15.8. The van der Waals surface area contributed by atoms with Gasteiger partial charge in [-0.05, 0) is 29.0 Å². The fraction of sp³-hybridized carbons (Fsp3) is 0.304. The van der Waals surface area contributed by atoms with Crippen molar-refractivity contribution >= 4 is 16.5 Å². The molecule has 0 aliphatic carbocycles. The van der Waals surface area contributed by atoms with E-state index in [9.17, 15) is 5.11 Å². The normalized spacial score (nSPS) is 15.8. The second-order valence-corrected chi connectivity index (χ2v) is 7.36. The largest absolute Gasteiger partial charge is 0.507 e. The number of phenols is 1. The first-order valence-electron chi connectivity index (χ1n) is 9.63. The molecule has 1 aliphatic rings. The van der Waals surface area contributed by atoms with Crippen molar-refractivity contribution in [3.8, 4) is 5.75 Å². The summed E-state index contributed by atoms with van der Waals surface area (Å²) in [6.45, 7) is 5.26. The van der Waals surface area contributed by atoms with Crippen molar-refractivity contribution in [2.24, 2.45) is 0 Å². The van der Waals surface area contributed by atoms with E-state index in [2.05, 4.69) is 48.3 Å². The van der Waals surface area contributed by atoms with E-state index in [-0.39, 0.29) is 0 Å². The molecule has 3 aromatic rings. The first-order valence-corrected chi connectivity index (χ1v) is 9.63. The van der Waals surface area contributed by atoms with Crippen LogP contribution in [-0.4, -0.2) is 38.5 Å². The Kier molecular flexibility index (Phi) is 5.28. The number of anilines is 1. The first kappa shape index (κ1) is 17.8. The molecule has 4 rings (SSSR count). The molecular weight excluding hydrogens is 336 g/mol. The Hall–Kier alpha value is -2.56. The molecule has 1 aliphatic heterocycles. The number of quaternary nitrogens is 1. The van der Waals surface area contributed by atoms with Crippen molar-refractivity contribution in [2.75, 3.05) is 38.3 Å². The third kappa shape index (κ3) is 4.07. The van der Waals surface area contributed by atoms with E-state index in [4.69, 9.17) is 4.74 Å². The van der Waals surface area contributed by atoms with Crippen molar-refractivity contribution in [1.29, 1.82) is 0 Å². The van der Waals surface area contributed by atoms with Crippen LogP contribution < -0.4 is 9.80 Å². The molecule has 0 amide bonds. The van der Waals surface area contributed by atoms with Gasteiger partial charge in [-0.1, -0.05) is 42.5 Å². The summed E-state index contributed by atoms with van der Waals surface area (Å²) in [4.78, 5) is 3.72. The van der Waals surface area contributed by atoms with Crippen LogP contribution in [0.15, 0.2) is 60.7 Å². The maximum Gasteiger partial charge on any atom is 0.125 e. The Morgan fingerprint density at radius 2 is 1.67 bits per heavy atom. The van der Waals surface area contributed by atoms with Gasteiger partial charge < -0.3 is 19.6 Å². The number of morpholine rings is 1. The van der Waals surface area contributed by atoms with Gasteiger partial charge in [-0.25, -0.2) is 0 Å². The molecule has 4 heteroatoms. The smallest absolute Gasteiger partial charge is 0.125 e. The Morgan fingerprint density at radius 1 is 0.926 bits per heavy atom. The van der Waals surface area contributed by atoms with Gasteiger partial charge in [-0.2, -0.15) is 0 Å². The van der Waals surface area contributed by atoms with Gasteiger partial charge in [0, 0.05) is 24.3 Å². The molecule has 1 saturated heterocycles. The van der Waals surface area contributed by atoms with Crippen molar-refractivity contribution in [3.63, 3.8) is 0 Å². The average molecular weight is 363 g/mol. The van der Waals surface area contributed by atoms with Crippen molar-refractivity contribution in [1.82, 2.24) is 0 Å². The van der Waals surface area contributed by atoms with Gasteiger partial charge in [0.05, 0.1) is 25.8 Å². The van der Waals surface area contributed by atoms with Gasteiger partial charge >= 0.3 is 0 Å². The molecule has 0 bridgehead atoms. The summed E-state index contributed by atoms with van der Waals surface area (Å²) in [6, 6.07) is 20.9. The highest BCUT2D eigenvalue weighted by molar-refractivity contribution is 5.87. The molecule has 2 N–H and O–H groups in total. The molecule has 3 aromatic carbocycles. The number of ether oxygens (including phenoxy) is 1. The van der Waals surface area contributed by atoms with Crippen LogP contribution in [0, 0.1) is 0 Å². The fourth-order valence-corrected chi connectivity index (χ4v) is 3.87. The van der Waals surface area contributed by atoms with E-state index in [1.165, 1.54) is 21.5 Å². The van der Waals surface area contributed by atoms with Crippen LogP contribution in [-0.2, 0) is 17.8 Å². The van der Waals surface area contributed by atoms with Crippen LogP contribution in [0.5, 0.6) is 5.75 Å². The molecule has 1 unspecified atom stereocenters. The number of nitrogens with one attached hydrogen (secondary N) is 1. The molecule has 140 valence electrons. The SMILES string of the molecule is C[NH+](Cc1ccc(N2CCOCC2)cc1)Cc1c(O)ccc2ccccc12. The number of benzene rings is 3. The fourth-order valence-electron chi connectivity index (χ4n) is 3.87. The molecular formula is C23H27N2O2+. The van der Waals surface area contributed by atoms with E-state index in [0.29, 0.717) is 5.75 Å². The number of nitrogens with zero attached hydrogens (tertiary/aromatic N) is 1. The Balaban J connectivity index is 1.45. The average Bonchev–Trinajstić information content (AvgIpc) is 2.71. The van der Waals surface area contributed by atoms with Crippen LogP contribution in [0.25, 0.3) is 10.8 Å². The predicted octanol–water partition coefficient (Wildman–Crippen LogP) is 2.60. The number of hydrogen-bond acceptors (Lipinski definition) is 3. The zero-order valence-corrected chi connectivity index (χ0v) is 15.8. The molecule has 1 heterocycles. The number of hydrogen-bond donors (Lipinski definition) is 2. The highest BCUT2D eigenvalue weighted by atomic mass is 16.5. The molecule has 0 aromatic heterocycles. The number of phenolic OH excluding ortho intramolecular Hbond substituents is 1. The number of fused-ring (bicyclic) bond motifs is 1. The second kappa shape index (κ2) is 7.99. The van der Waals surface area contributed by atoms with Gasteiger partial charge in [0.1, 0.15) is 18.8 Å². The minimum Gasteiger partial charge on any atom is -0.507 e. The quantitative estimate of drug-likeness (QED) is 0.732. The summed E-state index contributed by atoms with van der Waals surface area (Å²) in [6.07, 6.45) is 0. The standard InChI is InChI=1S/C23H26N2O2/c1-24(17-22-21-5-3-2-4-19(21)8-11-23(22)26)16-18-6-9-20(10-7-18)25-12-14-27-15-13-25/h2-11,26H,12-17H2,1H3/p+1. The summed E-state index contributed by atoms with van der Waals surface area (Å²) < 4.78 is 5.43. The van der Waals surface area contributed by atoms with Crippen LogP contribution in [0.4, 0.5) is 5.69 Å². The zero-order chi connectivity index (χ0) is 18.6. The third-order valence-corrected chi connectivity index (χ3v) is 5.31. The van der Waals surface area contributed by atoms with E-state index in [1.807, 2.05) is 24.3 Å². The summed E-state index contributed by atoms with van der Waals surface area (Å²) >= 11 is 0. The minimum atomic E-state index is 0.385. The lowest BCUT2D eigenvalue weighted by molar-refractivity contribution is -0.907. The maximum absolute atomic E-state index is 10.4. The van der Waals surface area contributed by atoms with Gasteiger partial charge in [0.25, 0.3) is 0 Å². The van der Waals surface area contributed by atoms with Crippen LogP contribution >= 0.6 is 0 Å². The summed E-state index contributed by atoms with van der Waals surface area (Å²) in [7, 11) is 2.18. The van der Waals surface area contributed by atoms with E-state index in [1.54, 1.807) is 0 Å². The van der Waals surface area contributed by atoms with Gasteiger partial charge in [0.15, 0.2) is 0 Å². The molecule has 0 saturated carbocycles. The third-order valence-electron chi connectivity index (χ3n) is 5.31. The molecule has 1 atom stereocenters. The first-order chi connectivity index (χ1) is 13.2. The Labute approximate surface area is 160 Å². The highest BCUT2D eigenvalue weighted by Crippen LogP contribution is 2.26. The minimum absolute atomic E-state index is 0.385. The Morgan fingerprint density at radius 3 is 2.44 bits per heavy atom. The second-order valence-electron chi connectivity index (χ2n) is 7.36. The van der Waals surface area contributed by atoms with E-state index in [0.717, 1.165) is 50.3 Å². The van der Waals surface area contributed by atoms with Crippen molar-refractivity contribution in [2.45, 2.75) is 13.1 Å². The summed E-state index contributed by atoms with van der Waals surface area (Å²) in [5.41, 5.74) is 3.60. The van der Waals surface area contributed by atoms with Gasteiger partial charge in [0.2, 0.25) is 0 Å². The lowest BCUT2D eigenvalue weighted by atomic mass is 10.0. The van der Waals surface area contributed by atoms with E-state index >= 15 is 0 Å². The lowest BCUT2D eigenvalue weighted by Crippen LogP contribution is -3.06. The maximum atomic E-state index is 10.4. The summed E-state index contributed by atoms with van der Waals surface area (Å²) in [5.74, 6) is 0.385. The van der Waals surface area contributed by atoms with Gasteiger partial charge in [-0.3, -0.25) is 0 Å². The highest BCUT2D eigenvalue weighted by Gasteiger charge is 2.14. The van der Waals surface area contributed by atoms with Gasteiger partial charge in [-0.15, -0.1) is 0 Å². The number of rotatable bonds is 5. The predicted molar refractivity (Wildman–Crippen MR) is 109 cm³/mol. The topological polar surface area (TPSA) is 37.1 Å². The van der Waals surface area contributed by atoms with Crippen LogP contribution in [0.3, 0.4) is 0 Å². The van der Waals surface area contributed by atoms with Crippen LogP contribution in [0.1, 0.15) is 11.1 Å². The van der Waals surface area contributed by atoms with Crippen LogP contribution in [0.2, 0.25) is 0 Å². The molecule has 1 fully saturated rings. The molecule has 0 radical (unpaired) electrons. The van der Waals surface area contributed by atoms with E-state index < -0.39 is 0 Å². The number of aromatic hydroxyl groups is 1. The molecule has 4 nitrogen and oxygen atoms in total. The Bertz CT molecular complexity index is 902. The monoisotopic (exact) mass is 363 g/mol. The lowest BCUT2D eigenvalue weighted by Gasteiger charge is -2.29. The summed E-state index contributed by atoms with van der Waals surface area (Å²) in [5, 5.41) is 12.7. The molecule has 0 spiro atoms. The van der Waals surface area contributed by atoms with Crippen molar-refractivity contribution < 1.29 is 14.7 Å².